The van der Waals surface area contributed by atoms with Crippen molar-refractivity contribution in [1.29, 1.82) is 0 Å². The Labute approximate surface area is 164 Å². The number of methoxy groups -OCH3 is 1. The minimum absolute atomic E-state index is 0.0129. The molecule has 6 heteroatoms. The maximum absolute atomic E-state index is 11.1. The predicted octanol–water partition coefficient (Wildman–Crippen LogP) is 3.37. The summed E-state index contributed by atoms with van der Waals surface area (Å²) in [6.45, 7) is 2.51. The zero-order valence-electron chi connectivity index (χ0n) is 17.2. The monoisotopic (exact) mass is 388 g/mol. The summed E-state index contributed by atoms with van der Waals surface area (Å²) in [5.74, 6) is -0.138. The van der Waals surface area contributed by atoms with E-state index in [-0.39, 0.29) is 30.9 Å². The molecule has 0 saturated carbocycles. The first kappa shape index (κ1) is 24.3. The average Bonchev–Trinajstić information content (AvgIpc) is 3.04. The summed E-state index contributed by atoms with van der Waals surface area (Å²) >= 11 is 0. The molecule has 6 nitrogen and oxygen atoms in total. The minimum atomic E-state index is -0.430. The van der Waals surface area contributed by atoms with Gasteiger partial charge in [0.1, 0.15) is 0 Å². The highest BCUT2D eigenvalue weighted by Gasteiger charge is 2.37. The molecule has 0 aromatic rings. The number of aliphatic hydroxyl groups excluding tert-OH is 2. The lowest BCUT2D eigenvalue weighted by molar-refractivity contribution is -0.140. The van der Waals surface area contributed by atoms with Crippen LogP contribution in [0.5, 0.6) is 0 Å². The number of hydrogen-bond donors (Lipinski definition) is 2. The maximum Gasteiger partial charge on any atom is 0.305 e. The molecule has 4 atom stereocenters. The van der Waals surface area contributed by atoms with Gasteiger partial charge in [-0.2, -0.15) is 0 Å². The molecule has 0 aliphatic carbocycles. The first-order valence-electron chi connectivity index (χ1n) is 10.7. The third-order valence-electron chi connectivity index (χ3n) is 5.28. The van der Waals surface area contributed by atoms with Crippen molar-refractivity contribution in [3.8, 4) is 0 Å². The Hall–Kier alpha value is -0.690. The Morgan fingerprint density at radius 3 is 2.59 bits per heavy atom. The van der Waals surface area contributed by atoms with Gasteiger partial charge in [0, 0.05) is 12.8 Å². The van der Waals surface area contributed by atoms with Gasteiger partial charge in [-0.25, -0.2) is 0 Å². The molecular formula is C21H40O6. The van der Waals surface area contributed by atoms with Gasteiger partial charge >= 0.3 is 5.97 Å². The first-order valence-corrected chi connectivity index (χ1v) is 10.7. The van der Waals surface area contributed by atoms with Crippen molar-refractivity contribution in [3.05, 3.63) is 0 Å². The Kier molecular flexibility index (Phi) is 13.8. The van der Waals surface area contributed by atoms with Gasteiger partial charge in [-0.05, 0) is 19.3 Å². The normalized spacial score (nSPS) is 23.5. The number of carbonyl (C=O) groups excluding carboxylic acids is 1. The first-order chi connectivity index (χ1) is 13.1. The number of aliphatic hydroxyl groups is 2. The summed E-state index contributed by atoms with van der Waals surface area (Å²) in [6, 6.07) is 0. The fourth-order valence-electron chi connectivity index (χ4n) is 3.68. The van der Waals surface area contributed by atoms with E-state index in [1.54, 1.807) is 0 Å². The Morgan fingerprint density at radius 1 is 1.15 bits per heavy atom. The third-order valence-corrected chi connectivity index (χ3v) is 5.28. The van der Waals surface area contributed by atoms with Crippen LogP contribution in [0.25, 0.3) is 0 Å². The quantitative estimate of drug-likeness (QED) is 0.311. The summed E-state index contributed by atoms with van der Waals surface area (Å²) in [4.78, 5) is 11.1. The van der Waals surface area contributed by atoms with Crippen LogP contribution in [0.4, 0.5) is 0 Å². The number of carbonyl (C=O) groups is 1. The van der Waals surface area contributed by atoms with E-state index in [2.05, 4.69) is 11.7 Å². The second kappa shape index (κ2) is 15.3. The Morgan fingerprint density at radius 2 is 1.89 bits per heavy atom. The van der Waals surface area contributed by atoms with Gasteiger partial charge in [-0.15, -0.1) is 0 Å². The standard InChI is InChI=1S/C21H40O6/c1-3-4-8-12-19(26-15-14-22)20-16-17(23)18(27-20)11-9-6-5-7-10-13-21(24)25-2/h17-20,22-23H,3-16H2,1-2H3. The van der Waals surface area contributed by atoms with E-state index in [1.165, 1.54) is 7.11 Å². The molecule has 160 valence electrons. The summed E-state index contributed by atoms with van der Waals surface area (Å²) in [5.41, 5.74) is 0. The van der Waals surface area contributed by atoms with Crippen molar-refractivity contribution in [2.75, 3.05) is 20.3 Å². The number of esters is 1. The molecular weight excluding hydrogens is 348 g/mol. The molecule has 0 amide bonds. The van der Waals surface area contributed by atoms with Crippen LogP contribution in [-0.4, -0.2) is 60.9 Å². The largest absolute Gasteiger partial charge is 0.469 e. The van der Waals surface area contributed by atoms with Gasteiger partial charge in [0.25, 0.3) is 0 Å². The molecule has 0 bridgehead atoms. The number of hydrogen-bond acceptors (Lipinski definition) is 6. The topological polar surface area (TPSA) is 85.2 Å². The fourth-order valence-corrected chi connectivity index (χ4v) is 3.68. The van der Waals surface area contributed by atoms with Gasteiger partial charge in [0.15, 0.2) is 0 Å². The average molecular weight is 389 g/mol. The molecule has 1 fully saturated rings. The fraction of sp³-hybridized carbons (Fsp3) is 0.952. The van der Waals surface area contributed by atoms with Gasteiger partial charge in [-0.3, -0.25) is 4.79 Å². The van der Waals surface area contributed by atoms with Crippen molar-refractivity contribution < 1.29 is 29.2 Å². The molecule has 0 aromatic carbocycles. The van der Waals surface area contributed by atoms with Crippen molar-refractivity contribution in [3.63, 3.8) is 0 Å². The molecule has 0 radical (unpaired) electrons. The predicted molar refractivity (Wildman–Crippen MR) is 105 cm³/mol. The van der Waals surface area contributed by atoms with Crippen LogP contribution < -0.4 is 0 Å². The molecule has 0 aromatic heterocycles. The zero-order valence-corrected chi connectivity index (χ0v) is 17.2. The van der Waals surface area contributed by atoms with Crippen LogP contribution in [-0.2, 0) is 19.0 Å². The lowest BCUT2D eigenvalue weighted by Crippen LogP contribution is -2.30. The summed E-state index contributed by atoms with van der Waals surface area (Å²) in [5, 5.41) is 19.4. The van der Waals surface area contributed by atoms with E-state index >= 15 is 0 Å². The number of rotatable bonds is 16. The second-order valence-electron chi connectivity index (χ2n) is 7.53. The number of ether oxygens (including phenoxy) is 3. The molecule has 1 aliphatic rings. The van der Waals surface area contributed by atoms with E-state index in [4.69, 9.17) is 14.6 Å². The molecule has 2 N–H and O–H groups in total. The van der Waals surface area contributed by atoms with Crippen LogP contribution in [0.2, 0.25) is 0 Å². The molecule has 1 heterocycles. The molecule has 4 unspecified atom stereocenters. The molecule has 0 spiro atoms. The molecule has 1 aliphatic heterocycles. The van der Waals surface area contributed by atoms with E-state index in [9.17, 15) is 9.90 Å². The molecule has 1 rings (SSSR count). The van der Waals surface area contributed by atoms with E-state index in [0.717, 1.165) is 64.2 Å². The van der Waals surface area contributed by atoms with Crippen LogP contribution >= 0.6 is 0 Å². The number of unbranched alkanes of at least 4 members (excludes halogenated alkanes) is 6. The summed E-state index contributed by atoms with van der Waals surface area (Å²) in [7, 11) is 1.42. The van der Waals surface area contributed by atoms with E-state index in [1.807, 2.05) is 0 Å². The highest BCUT2D eigenvalue weighted by atomic mass is 16.6. The van der Waals surface area contributed by atoms with Crippen molar-refractivity contribution >= 4 is 5.97 Å². The van der Waals surface area contributed by atoms with Gasteiger partial charge in [0.2, 0.25) is 0 Å². The zero-order chi connectivity index (χ0) is 19.9. The molecule has 27 heavy (non-hydrogen) atoms. The van der Waals surface area contributed by atoms with Gasteiger partial charge in [0.05, 0.1) is 44.7 Å². The Bertz CT molecular complexity index is 376. The van der Waals surface area contributed by atoms with Gasteiger partial charge in [-0.1, -0.05) is 51.9 Å². The second-order valence-corrected chi connectivity index (χ2v) is 7.53. The van der Waals surface area contributed by atoms with E-state index < -0.39 is 6.10 Å². The van der Waals surface area contributed by atoms with Crippen LogP contribution in [0.15, 0.2) is 0 Å². The lowest BCUT2D eigenvalue weighted by atomic mass is 10.0. The molecule has 1 saturated heterocycles. The smallest absolute Gasteiger partial charge is 0.305 e. The van der Waals surface area contributed by atoms with Crippen molar-refractivity contribution in [2.24, 2.45) is 0 Å². The van der Waals surface area contributed by atoms with Crippen LogP contribution in [0.3, 0.4) is 0 Å². The SMILES string of the molecule is CCCCCC(OCCO)C1CC(O)C(CCCCCCCC(=O)OC)O1. The van der Waals surface area contributed by atoms with E-state index in [0.29, 0.717) is 19.4 Å². The van der Waals surface area contributed by atoms with Crippen LogP contribution in [0, 0.1) is 0 Å². The highest BCUT2D eigenvalue weighted by Crippen LogP contribution is 2.29. The Balaban J connectivity index is 2.24. The minimum Gasteiger partial charge on any atom is -0.469 e. The summed E-state index contributed by atoms with van der Waals surface area (Å²) < 4.78 is 16.5. The van der Waals surface area contributed by atoms with Crippen molar-refractivity contribution in [2.45, 2.75) is 108 Å². The third kappa shape index (κ3) is 10.4. The lowest BCUT2D eigenvalue weighted by Gasteiger charge is -2.24. The van der Waals surface area contributed by atoms with Gasteiger partial charge < -0.3 is 24.4 Å². The highest BCUT2D eigenvalue weighted by molar-refractivity contribution is 5.68. The van der Waals surface area contributed by atoms with Crippen LogP contribution in [0.1, 0.15) is 84.0 Å². The summed E-state index contributed by atoms with van der Waals surface area (Å²) in [6.07, 6.45) is 10.7. The maximum atomic E-state index is 11.1. The van der Waals surface area contributed by atoms with Crippen molar-refractivity contribution in [1.82, 2.24) is 0 Å².